The Kier molecular flexibility index (Phi) is 5.41. The summed E-state index contributed by atoms with van der Waals surface area (Å²) in [5.74, 6) is 0.669. The van der Waals surface area contributed by atoms with Crippen LogP contribution in [-0.2, 0) is 0 Å². The van der Waals surface area contributed by atoms with Gasteiger partial charge in [0, 0.05) is 18.3 Å². The molecule has 1 atom stereocenters. The van der Waals surface area contributed by atoms with E-state index in [4.69, 9.17) is 14.7 Å². The molecule has 1 saturated heterocycles. The van der Waals surface area contributed by atoms with Crippen molar-refractivity contribution in [3.63, 3.8) is 0 Å². The Balaban J connectivity index is 1.67. The summed E-state index contributed by atoms with van der Waals surface area (Å²) < 4.78 is 25.3. The lowest BCUT2D eigenvalue weighted by Crippen LogP contribution is -2.34. The van der Waals surface area contributed by atoms with E-state index in [9.17, 15) is 4.39 Å². The number of ether oxygens (including phenoxy) is 2. The summed E-state index contributed by atoms with van der Waals surface area (Å²) in [4.78, 5) is 8.60. The highest BCUT2D eigenvalue weighted by atomic mass is 19.1. The SMILES string of the molecule is CC(Oc1ccc(C#N)c(F)c1)c1nccc(OC2CCNCC2)n1. The number of benzene rings is 1. The fourth-order valence-corrected chi connectivity index (χ4v) is 2.62. The van der Waals surface area contributed by atoms with Crippen molar-refractivity contribution in [1.29, 1.82) is 5.26 Å². The molecule has 1 aliphatic rings. The Labute approximate surface area is 145 Å². The molecule has 0 aliphatic carbocycles. The first-order chi connectivity index (χ1) is 12.2. The Morgan fingerprint density at radius 3 is 2.84 bits per heavy atom. The van der Waals surface area contributed by atoms with Gasteiger partial charge >= 0.3 is 0 Å². The predicted octanol–water partition coefficient (Wildman–Crippen LogP) is 2.76. The minimum absolute atomic E-state index is 0.0198. The Morgan fingerprint density at radius 1 is 1.32 bits per heavy atom. The predicted molar refractivity (Wildman–Crippen MR) is 88.7 cm³/mol. The molecule has 7 heteroatoms. The van der Waals surface area contributed by atoms with Crippen molar-refractivity contribution in [2.75, 3.05) is 13.1 Å². The van der Waals surface area contributed by atoms with Crippen molar-refractivity contribution in [2.45, 2.75) is 32.0 Å². The van der Waals surface area contributed by atoms with Crippen LogP contribution in [0.1, 0.15) is 37.3 Å². The molecule has 2 aromatic rings. The minimum Gasteiger partial charge on any atom is -0.483 e. The first kappa shape index (κ1) is 17.1. The number of halogens is 1. The van der Waals surface area contributed by atoms with E-state index in [0.29, 0.717) is 17.5 Å². The van der Waals surface area contributed by atoms with E-state index in [-0.39, 0.29) is 11.7 Å². The van der Waals surface area contributed by atoms with Crippen LogP contribution in [0.3, 0.4) is 0 Å². The number of hydrogen-bond donors (Lipinski definition) is 1. The molecular formula is C18H19FN4O2. The van der Waals surface area contributed by atoms with Gasteiger partial charge in [0.15, 0.2) is 11.9 Å². The van der Waals surface area contributed by atoms with Gasteiger partial charge in [-0.1, -0.05) is 0 Å². The summed E-state index contributed by atoms with van der Waals surface area (Å²) in [5, 5.41) is 12.1. The summed E-state index contributed by atoms with van der Waals surface area (Å²) in [6.45, 7) is 3.65. The lowest BCUT2D eigenvalue weighted by Gasteiger charge is -2.23. The van der Waals surface area contributed by atoms with Gasteiger partial charge in [-0.3, -0.25) is 0 Å². The van der Waals surface area contributed by atoms with Crippen molar-refractivity contribution in [3.05, 3.63) is 47.7 Å². The molecule has 1 fully saturated rings. The van der Waals surface area contributed by atoms with Gasteiger partial charge in [0.1, 0.15) is 23.7 Å². The molecule has 3 rings (SSSR count). The van der Waals surface area contributed by atoms with Gasteiger partial charge in [-0.25, -0.2) is 9.37 Å². The fraction of sp³-hybridized carbons (Fsp3) is 0.389. The van der Waals surface area contributed by atoms with Crippen LogP contribution in [0.15, 0.2) is 30.5 Å². The average Bonchev–Trinajstić information content (AvgIpc) is 2.63. The number of rotatable bonds is 5. The van der Waals surface area contributed by atoms with Crippen molar-refractivity contribution in [3.8, 4) is 17.7 Å². The average molecular weight is 342 g/mol. The van der Waals surface area contributed by atoms with Gasteiger partial charge in [-0.05, 0) is 45.0 Å². The molecule has 1 unspecified atom stereocenters. The quantitative estimate of drug-likeness (QED) is 0.900. The third kappa shape index (κ3) is 4.43. The van der Waals surface area contributed by atoms with Crippen LogP contribution in [0.5, 0.6) is 11.6 Å². The molecule has 2 heterocycles. The highest BCUT2D eigenvalue weighted by Gasteiger charge is 2.17. The first-order valence-electron chi connectivity index (χ1n) is 8.22. The summed E-state index contributed by atoms with van der Waals surface area (Å²) in [5.41, 5.74) is -0.0198. The van der Waals surface area contributed by atoms with Gasteiger partial charge in [0.2, 0.25) is 5.88 Å². The van der Waals surface area contributed by atoms with Crippen molar-refractivity contribution < 1.29 is 13.9 Å². The number of aromatic nitrogens is 2. The minimum atomic E-state index is -0.615. The zero-order valence-corrected chi connectivity index (χ0v) is 13.9. The topological polar surface area (TPSA) is 80.1 Å². The van der Waals surface area contributed by atoms with Gasteiger partial charge in [0.05, 0.1) is 5.56 Å². The first-order valence-corrected chi connectivity index (χ1v) is 8.22. The standard InChI is InChI=1S/C18H19FN4O2/c1-12(24-15-3-2-13(11-20)16(19)10-15)18-22-9-6-17(23-18)25-14-4-7-21-8-5-14/h2-3,6,9-10,12,14,21H,4-5,7-8H2,1H3. The Hall–Kier alpha value is -2.72. The molecule has 1 aliphatic heterocycles. The molecule has 0 bridgehead atoms. The van der Waals surface area contributed by atoms with Crippen molar-refractivity contribution >= 4 is 0 Å². The normalized spacial score (nSPS) is 16.0. The van der Waals surface area contributed by atoms with Crippen LogP contribution < -0.4 is 14.8 Å². The molecule has 1 aromatic carbocycles. The second-order valence-electron chi connectivity index (χ2n) is 5.83. The monoisotopic (exact) mass is 342 g/mol. The van der Waals surface area contributed by atoms with E-state index in [1.54, 1.807) is 31.3 Å². The molecule has 1 aromatic heterocycles. The molecular weight excluding hydrogens is 323 g/mol. The zero-order valence-electron chi connectivity index (χ0n) is 13.9. The van der Waals surface area contributed by atoms with E-state index in [1.165, 1.54) is 12.1 Å². The molecule has 0 spiro atoms. The molecule has 1 N–H and O–H groups in total. The maximum atomic E-state index is 13.7. The largest absolute Gasteiger partial charge is 0.483 e. The van der Waals surface area contributed by atoms with E-state index < -0.39 is 11.9 Å². The van der Waals surface area contributed by atoms with Crippen LogP contribution >= 0.6 is 0 Å². The third-order valence-electron chi connectivity index (χ3n) is 3.96. The number of nitrogens with one attached hydrogen (secondary N) is 1. The van der Waals surface area contributed by atoms with Gasteiger partial charge < -0.3 is 14.8 Å². The summed E-state index contributed by atoms with van der Waals surface area (Å²) in [6.07, 6.45) is 3.17. The zero-order chi connectivity index (χ0) is 17.6. The smallest absolute Gasteiger partial charge is 0.216 e. The van der Waals surface area contributed by atoms with E-state index in [2.05, 4.69) is 15.3 Å². The lowest BCUT2D eigenvalue weighted by atomic mass is 10.1. The lowest BCUT2D eigenvalue weighted by molar-refractivity contribution is 0.152. The fourth-order valence-electron chi connectivity index (χ4n) is 2.62. The van der Waals surface area contributed by atoms with Gasteiger partial charge in [-0.2, -0.15) is 10.2 Å². The molecule has 6 nitrogen and oxygen atoms in total. The van der Waals surface area contributed by atoms with Crippen molar-refractivity contribution in [2.24, 2.45) is 0 Å². The maximum absolute atomic E-state index is 13.7. The van der Waals surface area contributed by atoms with Crippen LogP contribution in [0.4, 0.5) is 4.39 Å². The van der Waals surface area contributed by atoms with Gasteiger partial charge in [-0.15, -0.1) is 0 Å². The Bertz CT molecular complexity index is 772. The maximum Gasteiger partial charge on any atom is 0.216 e. The molecule has 0 saturated carbocycles. The number of hydrogen-bond acceptors (Lipinski definition) is 6. The molecule has 0 amide bonds. The number of nitriles is 1. The second-order valence-corrected chi connectivity index (χ2v) is 5.83. The molecule has 25 heavy (non-hydrogen) atoms. The van der Waals surface area contributed by atoms with Crippen LogP contribution in [-0.4, -0.2) is 29.2 Å². The van der Waals surface area contributed by atoms with Crippen LogP contribution in [0.25, 0.3) is 0 Å². The number of piperidine rings is 1. The van der Waals surface area contributed by atoms with Crippen molar-refractivity contribution in [1.82, 2.24) is 15.3 Å². The summed E-state index contributed by atoms with van der Waals surface area (Å²) >= 11 is 0. The van der Waals surface area contributed by atoms with E-state index in [1.807, 2.05) is 0 Å². The van der Waals surface area contributed by atoms with Crippen LogP contribution in [0.2, 0.25) is 0 Å². The summed E-state index contributed by atoms with van der Waals surface area (Å²) in [6, 6.07) is 7.62. The summed E-state index contributed by atoms with van der Waals surface area (Å²) in [7, 11) is 0. The van der Waals surface area contributed by atoms with Gasteiger partial charge in [0.25, 0.3) is 0 Å². The molecule has 0 radical (unpaired) electrons. The Morgan fingerprint density at radius 2 is 2.12 bits per heavy atom. The highest BCUT2D eigenvalue weighted by molar-refractivity contribution is 5.36. The highest BCUT2D eigenvalue weighted by Crippen LogP contribution is 2.23. The second kappa shape index (κ2) is 7.90. The van der Waals surface area contributed by atoms with Crippen LogP contribution in [0, 0.1) is 17.1 Å². The molecule has 130 valence electrons. The van der Waals surface area contributed by atoms with E-state index >= 15 is 0 Å². The van der Waals surface area contributed by atoms with E-state index in [0.717, 1.165) is 25.9 Å². The number of nitrogens with zero attached hydrogens (tertiary/aromatic N) is 3. The third-order valence-corrected chi connectivity index (χ3v) is 3.96.